The number of thiazole rings is 1. The monoisotopic (exact) mass is 418 g/mol. The van der Waals surface area contributed by atoms with Crippen LogP contribution in [0.2, 0.25) is 5.02 Å². The van der Waals surface area contributed by atoms with Gasteiger partial charge in [-0.1, -0.05) is 41.9 Å². The molecule has 0 saturated heterocycles. The standard InChI is InChI=1S/C20H20ClFN4OS/c1-24-17(19(27)26-13-7-8-15(22)14(21)9-13)10-16(23)18-11-25-20(28-18)12-5-3-2-4-6-12/h2-9,11,16-17,24H,10,23H2,1H3,(H,26,27)/t16-,17+/m1/s1. The molecule has 3 rings (SSSR count). The lowest BCUT2D eigenvalue weighted by Gasteiger charge is -2.19. The van der Waals surface area contributed by atoms with E-state index >= 15 is 0 Å². The number of aromatic nitrogens is 1. The molecule has 0 aliphatic carbocycles. The van der Waals surface area contributed by atoms with Gasteiger partial charge in [-0.15, -0.1) is 11.3 Å². The van der Waals surface area contributed by atoms with E-state index < -0.39 is 11.9 Å². The zero-order valence-electron chi connectivity index (χ0n) is 15.2. The van der Waals surface area contributed by atoms with Crippen LogP contribution < -0.4 is 16.4 Å². The van der Waals surface area contributed by atoms with Crippen LogP contribution in [0.5, 0.6) is 0 Å². The van der Waals surface area contributed by atoms with Crippen LogP contribution in [-0.4, -0.2) is 24.0 Å². The third kappa shape index (κ3) is 4.94. The Morgan fingerprint density at radius 3 is 2.71 bits per heavy atom. The van der Waals surface area contributed by atoms with Crippen LogP contribution in [0, 0.1) is 5.82 Å². The minimum absolute atomic E-state index is 0.0476. The topological polar surface area (TPSA) is 80.0 Å². The number of nitrogens with two attached hydrogens (primary N) is 1. The summed E-state index contributed by atoms with van der Waals surface area (Å²) < 4.78 is 13.3. The van der Waals surface area contributed by atoms with Crippen molar-refractivity contribution in [3.05, 3.63) is 70.4 Å². The van der Waals surface area contributed by atoms with Gasteiger partial charge < -0.3 is 16.4 Å². The average molecular weight is 419 g/mol. The highest BCUT2D eigenvalue weighted by molar-refractivity contribution is 7.15. The number of amides is 1. The van der Waals surface area contributed by atoms with E-state index in [1.54, 1.807) is 13.2 Å². The molecular formula is C20H20ClFN4OS. The molecule has 0 aliphatic rings. The van der Waals surface area contributed by atoms with E-state index in [2.05, 4.69) is 15.6 Å². The van der Waals surface area contributed by atoms with Gasteiger partial charge in [0.15, 0.2) is 0 Å². The number of likely N-dealkylation sites (N-methyl/N-ethyl adjacent to an activating group) is 1. The Bertz CT molecular complexity index is 950. The molecule has 1 heterocycles. The van der Waals surface area contributed by atoms with E-state index in [4.69, 9.17) is 17.3 Å². The van der Waals surface area contributed by atoms with Gasteiger partial charge in [-0.25, -0.2) is 9.37 Å². The first-order chi connectivity index (χ1) is 13.5. The van der Waals surface area contributed by atoms with Crippen molar-refractivity contribution in [2.45, 2.75) is 18.5 Å². The van der Waals surface area contributed by atoms with Gasteiger partial charge in [-0.3, -0.25) is 4.79 Å². The quantitative estimate of drug-likeness (QED) is 0.536. The summed E-state index contributed by atoms with van der Waals surface area (Å²) in [6.07, 6.45) is 2.13. The van der Waals surface area contributed by atoms with Crippen LogP contribution in [0.3, 0.4) is 0 Å². The van der Waals surface area contributed by atoms with Crippen LogP contribution in [0.15, 0.2) is 54.7 Å². The van der Waals surface area contributed by atoms with Crippen molar-refractivity contribution in [1.29, 1.82) is 0 Å². The predicted molar refractivity (Wildman–Crippen MR) is 112 cm³/mol. The van der Waals surface area contributed by atoms with Crippen molar-refractivity contribution in [2.24, 2.45) is 5.73 Å². The van der Waals surface area contributed by atoms with Crippen LogP contribution in [0.25, 0.3) is 10.6 Å². The minimum atomic E-state index is -0.536. The molecule has 0 fully saturated rings. The number of hydrogen-bond acceptors (Lipinski definition) is 5. The smallest absolute Gasteiger partial charge is 0.241 e. The summed E-state index contributed by atoms with van der Waals surface area (Å²) >= 11 is 7.27. The molecule has 5 nitrogen and oxygen atoms in total. The number of anilines is 1. The van der Waals surface area contributed by atoms with Gasteiger partial charge in [0.1, 0.15) is 10.8 Å². The van der Waals surface area contributed by atoms with E-state index in [9.17, 15) is 9.18 Å². The summed E-state index contributed by atoms with van der Waals surface area (Å²) in [5, 5.41) is 6.54. The number of nitrogens with zero attached hydrogens (tertiary/aromatic N) is 1. The molecule has 1 aromatic heterocycles. The molecule has 0 radical (unpaired) electrons. The van der Waals surface area contributed by atoms with E-state index in [0.717, 1.165) is 15.4 Å². The summed E-state index contributed by atoms with van der Waals surface area (Å²) in [5.74, 6) is -0.806. The maximum Gasteiger partial charge on any atom is 0.241 e. The maximum absolute atomic E-state index is 13.3. The minimum Gasteiger partial charge on any atom is -0.325 e. The second-order valence-corrected chi connectivity index (χ2v) is 7.70. The highest BCUT2D eigenvalue weighted by Crippen LogP contribution is 2.29. The zero-order valence-corrected chi connectivity index (χ0v) is 16.7. The lowest BCUT2D eigenvalue weighted by molar-refractivity contribution is -0.118. The van der Waals surface area contributed by atoms with E-state index in [0.29, 0.717) is 12.1 Å². The van der Waals surface area contributed by atoms with E-state index in [1.165, 1.54) is 29.5 Å². The Kier molecular flexibility index (Phi) is 6.74. The van der Waals surface area contributed by atoms with E-state index in [-0.39, 0.29) is 17.0 Å². The van der Waals surface area contributed by atoms with Gasteiger partial charge in [-0.2, -0.15) is 0 Å². The van der Waals surface area contributed by atoms with Gasteiger partial charge in [0.25, 0.3) is 0 Å². The normalized spacial score (nSPS) is 13.1. The molecule has 4 N–H and O–H groups in total. The van der Waals surface area contributed by atoms with Crippen molar-refractivity contribution in [2.75, 3.05) is 12.4 Å². The Balaban J connectivity index is 1.65. The van der Waals surface area contributed by atoms with Gasteiger partial charge in [-0.05, 0) is 31.7 Å². The SMILES string of the molecule is CN[C@@H](C[C@@H](N)c1cnc(-c2ccccc2)s1)C(=O)Nc1ccc(F)c(Cl)c1. The first-order valence-corrected chi connectivity index (χ1v) is 9.87. The van der Waals surface area contributed by atoms with Gasteiger partial charge in [0.05, 0.1) is 11.1 Å². The molecule has 2 aromatic carbocycles. The van der Waals surface area contributed by atoms with Crippen molar-refractivity contribution in [1.82, 2.24) is 10.3 Å². The first kappa shape index (κ1) is 20.4. The second kappa shape index (κ2) is 9.25. The number of carbonyl (C=O) groups is 1. The number of benzene rings is 2. The van der Waals surface area contributed by atoms with Crippen LogP contribution in [0.1, 0.15) is 17.3 Å². The highest BCUT2D eigenvalue weighted by atomic mass is 35.5. The summed E-state index contributed by atoms with van der Waals surface area (Å²) in [6, 6.07) is 13.0. The Labute approximate surface area is 171 Å². The number of nitrogens with one attached hydrogen (secondary N) is 2. The molecule has 0 saturated carbocycles. The molecular weight excluding hydrogens is 399 g/mol. The Morgan fingerprint density at radius 2 is 2.04 bits per heavy atom. The fraction of sp³-hybridized carbons (Fsp3) is 0.200. The number of halogens is 2. The van der Waals surface area contributed by atoms with Crippen molar-refractivity contribution in [3.63, 3.8) is 0 Å². The number of hydrogen-bond donors (Lipinski definition) is 3. The summed E-state index contributed by atoms with van der Waals surface area (Å²) in [4.78, 5) is 17.9. The largest absolute Gasteiger partial charge is 0.325 e. The summed E-state index contributed by atoms with van der Waals surface area (Å²) in [7, 11) is 1.69. The van der Waals surface area contributed by atoms with Crippen molar-refractivity contribution >= 4 is 34.5 Å². The number of rotatable bonds is 7. The third-order valence-corrected chi connectivity index (χ3v) is 5.72. The third-order valence-electron chi connectivity index (χ3n) is 4.25. The molecule has 146 valence electrons. The van der Waals surface area contributed by atoms with E-state index in [1.807, 2.05) is 30.3 Å². The lowest BCUT2D eigenvalue weighted by Crippen LogP contribution is -2.40. The fourth-order valence-electron chi connectivity index (χ4n) is 2.70. The van der Waals surface area contributed by atoms with Crippen LogP contribution in [0.4, 0.5) is 10.1 Å². The lowest BCUT2D eigenvalue weighted by atomic mass is 10.1. The molecule has 0 aliphatic heterocycles. The average Bonchev–Trinajstić information content (AvgIpc) is 3.20. The maximum atomic E-state index is 13.3. The molecule has 0 spiro atoms. The molecule has 2 atom stereocenters. The van der Waals surface area contributed by atoms with Gasteiger partial charge >= 0.3 is 0 Å². The predicted octanol–water partition coefficient (Wildman–Crippen LogP) is 4.22. The Hall–Kier alpha value is -2.32. The van der Waals surface area contributed by atoms with Crippen molar-refractivity contribution < 1.29 is 9.18 Å². The summed E-state index contributed by atoms with van der Waals surface area (Å²) in [5.41, 5.74) is 7.77. The fourth-order valence-corrected chi connectivity index (χ4v) is 3.82. The van der Waals surface area contributed by atoms with Gasteiger partial charge in [0, 0.05) is 28.4 Å². The molecule has 3 aromatic rings. The molecule has 28 heavy (non-hydrogen) atoms. The highest BCUT2D eigenvalue weighted by Gasteiger charge is 2.22. The Morgan fingerprint density at radius 1 is 1.29 bits per heavy atom. The molecule has 8 heteroatoms. The number of carbonyl (C=O) groups excluding carboxylic acids is 1. The molecule has 1 amide bonds. The van der Waals surface area contributed by atoms with Crippen molar-refractivity contribution in [3.8, 4) is 10.6 Å². The summed E-state index contributed by atoms with van der Waals surface area (Å²) in [6.45, 7) is 0. The first-order valence-electron chi connectivity index (χ1n) is 8.68. The van der Waals surface area contributed by atoms with Gasteiger partial charge in [0.2, 0.25) is 5.91 Å². The van der Waals surface area contributed by atoms with Crippen LogP contribution in [-0.2, 0) is 4.79 Å². The second-order valence-electron chi connectivity index (χ2n) is 6.24. The van der Waals surface area contributed by atoms with Crippen LogP contribution >= 0.6 is 22.9 Å². The molecule has 0 unspecified atom stereocenters. The zero-order chi connectivity index (χ0) is 20.1. The molecule has 0 bridgehead atoms.